The van der Waals surface area contributed by atoms with Gasteiger partial charge in [0.25, 0.3) is 0 Å². The zero-order chi connectivity index (χ0) is 13.5. The average Bonchev–Trinajstić information content (AvgIpc) is 2.33. The molecule has 0 bridgehead atoms. The Hall–Kier alpha value is -0.290. The van der Waals surface area contributed by atoms with E-state index in [4.69, 9.17) is 0 Å². The average molecular weight is 266 g/mol. The summed E-state index contributed by atoms with van der Waals surface area (Å²) in [5, 5.41) is 6.54. The molecule has 5 heteroatoms. The maximum Gasteiger partial charge on any atom is 0.389 e. The first-order valence-electron chi connectivity index (χ1n) is 6.94. The van der Waals surface area contributed by atoms with Crippen LogP contribution in [-0.4, -0.2) is 31.9 Å². The van der Waals surface area contributed by atoms with Crippen LogP contribution in [0, 0.1) is 0 Å². The van der Waals surface area contributed by atoms with Crippen molar-refractivity contribution in [3.05, 3.63) is 0 Å². The van der Waals surface area contributed by atoms with E-state index in [1.54, 1.807) is 0 Å². The lowest BCUT2D eigenvalue weighted by Crippen LogP contribution is -2.46. The first-order chi connectivity index (χ1) is 8.47. The van der Waals surface area contributed by atoms with Gasteiger partial charge in [-0.1, -0.05) is 19.3 Å². The molecular weight excluding hydrogens is 241 g/mol. The molecule has 1 aliphatic rings. The van der Waals surface area contributed by atoms with Crippen molar-refractivity contribution in [1.82, 2.24) is 10.6 Å². The molecule has 2 nitrogen and oxygen atoms in total. The van der Waals surface area contributed by atoms with Crippen molar-refractivity contribution in [2.75, 3.05) is 20.1 Å². The molecule has 0 aromatic heterocycles. The third kappa shape index (κ3) is 6.05. The fraction of sp³-hybridized carbons (Fsp3) is 1.00. The van der Waals surface area contributed by atoms with Crippen molar-refractivity contribution < 1.29 is 13.2 Å². The van der Waals surface area contributed by atoms with Crippen molar-refractivity contribution >= 4 is 0 Å². The van der Waals surface area contributed by atoms with Gasteiger partial charge >= 0.3 is 6.18 Å². The van der Waals surface area contributed by atoms with Crippen LogP contribution < -0.4 is 10.6 Å². The summed E-state index contributed by atoms with van der Waals surface area (Å²) in [6, 6.07) is 0. The molecule has 0 aromatic rings. The van der Waals surface area contributed by atoms with Gasteiger partial charge in [0.1, 0.15) is 0 Å². The normalized spacial score (nSPS) is 20.0. The van der Waals surface area contributed by atoms with E-state index in [1.807, 2.05) is 7.05 Å². The summed E-state index contributed by atoms with van der Waals surface area (Å²) in [4.78, 5) is 0. The van der Waals surface area contributed by atoms with Crippen LogP contribution in [0.1, 0.15) is 51.4 Å². The molecular formula is C13H25F3N2. The lowest BCUT2D eigenvalue weighted by molar-refractivity contribution is -0.135. The summed E-state index contributed by atoms with van der Waals surface area (Å²) in [7, 11) is 2.00. The summed E-state index contributed by atoms with van der Waals surface area (Å²) < 4.78 is 35.8. The van der Waals surface area contributed by atoms with E-state index in [9.17, 15) is 13.2 Å². The van der Waals surface area contributed by atoms with Crippen LogP contribution in [0.15, 0.2) is 0 Å². The Morgan fingerprint density at radius 3 is 2.28 bits per heavy atom. The summed E-state index contributed by atoms with van der Waals surface area (Å²) >= 11 is 0. The van der Waals surface area contributed by atoms with E-state index in [-0.39, 0.29) is 12.0 Å². The van der Waals surface area contributed by atoms with Gasteiger partial charge in [0.05, 0.1) is 0 Å². The Morgan fingerprint density at radius 1 is 1.06 bits per heavy atom. The van der Waals surface area contributed by atoms with Gasteiger partial charge in [0, 0.05) is 12.0 Å². The van der Waals surface area contributed by atoms with Gasteiger partial charge in [-0.2, -0.15) is 13.2 Å². The fourth-order valence-electron chi connectivity index (χ4n) is 2.72. The second-order valence-electron chi connectivity index (χ2n) is 5.31. The number of alkyl halides is 3. The van der Waals surface area contributed by atoms with E-state index < -0.39 is 12.6 Å². The molecule has 0 atom stereocenters. The van der Waals surface area contributed by atoms with Crippen molar-refractivity contribution in [1.29, 1.82) is 0 Å². The molecule has 0 unspecified atom stereocenters. The van der Waals surface area contributed by atoms with Crippen LogP contribution in [-0.2, 0) is 0 Å². The standard InChI is InChI=1S/C13H25F3N2/c1-17-12(6-3-2-4-7-12)9-11-18-10-5-8-13(14,15)16/h17-18H,2-11H2,1H3. The minimum Gasteiger partial charge on any atom is -0.317 e. The summed E-state index contributed by atoms with van der Waals surface area (Å²) in [6.45, 7) is 1.26. The lowest BCUT2D eigenvalue weighted by Gasteiger charge is -2.37. The quantitative estimate of drug-likeness (QED) is 0.691. The van der Waals surface area contributed by atoms with Gasteiger partial charge in [-0.15, -0.1) is 0 Å². The minimum atomic E-state index is -4.02. The number of hydrogen-bond acceptors (Lipinski definition) is 2. The Morgan fingerprint density at radius 2 is 1.72 bits per heavy atom. The molecule has 0 spiro atoms. The Balaban J connectivity index is 2.09. The smallest absolute Gasteiger partial charge is 0.317 e. The Kier molecular flexibility index (Phi) is 6.43. The van der Waals surface area contributed by atoms with Gasteiger partial charge < -0.3 is 10.6 Å². The molecule has 2 N–H and O–H groups in total. The van der Waals surface area contributed by atoms with Crippen molar-refractivity contribution in [3.8, 4) is 0 Å². The topological polar surface area (TPSA) is 24.1 Å². The molecule has 0 heterocycles. The van der Waals surface area contributed by atoms with Gasteiger partial charge in [-0.25, -0.2) is 0 Å². The zero-order valence-electron chi connectivity index (χ0n) is 11.2. The maximum absolute atomic E-state index is 11.9. The van der Waals surface area contributed by atoms with Gasteiger partial charge in [-0.3, -0.25) is 0 Å². The maximum atomic E-state index is 11.9. The Labute approximate surface area is 108 Å². The third-order valence-electron chi connectivity index (χ3n) is 3.94. The molecule has 0 aromatic carbocycles. The summed E-state index contributed by atoms with van der Waals surface area (Å²) in [6.07, 6.45) is 2.69. The second-order valence-corrected chi connectivity index (χ2v) is 5.31. The second kappa shape index (κ2) is 7.34. The van der Waals surface area contributed by atoms with Gasteiger partial charge in [0.15, 0.2) is 0 Å². The Bertz CT molecular complexity index is 223. The highest BCUT2D eigenvalue weighted by Gasteiger charge is 2.29. The van der Waals surface area contributed by atoms with Crippen LogP contribution in [0.3, 0.4) is 0 Å². The summed E-state index contributed by atoms with van der Waals surface area (Å²) in [5.74, 6) is 0. The van der Waals surface area contributed by atoms with Gasteiger partial charge in [-0.05, 0) is 45.8 Å². The third-order valence-corrected chi connectivity index (χ3v) is 3.94. The fourth-order valence-corrected chi connectivity index (χ4v) is 2.72. The van der Waals surface area contributed by atoms with E-state index in [2.05, 4.69) is 10.6 Å². The van der Waals surface area contributed by atoms with Gasteiger partial charge in [0.2, 0.25) is 0 Å². The number of nitrogens with one attached hydrogen (secondary N) is 2. The predicted molar refractivity (Wildman–Crippen MR) is 67.7 cm³/mol. The molecule has 1 rings (SSSR count). The van der Waals surface area contributed by atoms with Crippen LogP contribution in [0.25, 0.3) is 0 Å². The van der Waals surface area contributed by atoms with E-state index in [0.29, 0.717) is 6.54 Å². The molecule has 108 valence electrons. The molecule has 0 saturated heterocycles. The van der Waals surface area contributed by atoms with E-state index in [1.165, 1.54) is 32.1 Å². The van der Waals surface area contributed by atoms with Crippen LogP contribution in [0.2, 0.25) is 0 Å². The van der Waals surface area contributed by atoms with E-state index >= 15 is 0 Å². The highest BCUT2D eigenvalue weighted by molar-refractivity contribution is 4.89. The van der Waals surface area contributed by atoms with Crippen LogP contribution >= 0.6 is 0 Å². The number of rotatable bonds is 7. The van der Waals surface area contributed by atoms with Crippen molar-refractivity contribution in [2.24, 2.45) is 0 Å². The van der Waals surface area contributed by atoms with Crippen LogP contribution in [0.5, 0.6) is 0 Å². The summed E-state index contributed by atoms with van der Waals surface area (Å²) in [5.41, 5.74) is 0.218. The molecule has 0 radical (unpaired) electrons. The molecule has 1 aliphatic carbocycles. The SMILES string of the molecule is CNC1(CCNCCCC(F)(F)F)CCCCC1. The minimum absolute atomic E-state index is 0.177. The predicted octanol–water partition coefficient (Wildman–Crippen LogP) is 3.23. The monoisotopic (exact) mass is 266 g/mol. The molecule has 0 aliphatic heterocycles. The first kappa shape index (κ1) is 15.8. The molecule has 1 fully saturated rings. The number of halogens is 3. The lowest BCUT2D eigenvalue weighted by atomic mass is 9.79. The molecule has 18 heavy (non-hydrogen) atoms. The van der Waals surface area contributed by atoms with Crippen molar-refractivity contribution in [3.63, 3.8) is 0 Å². The molecule has 0 amide bonds. The van der Waals surface area contributed by atoms with Crippen LogP contribution in [0.4, 0.5) is 13.2 Å². The zero-order valence-corrected chi connectivity index (χ0v) is 11.2. The highest BCUT2D eigenvalue weighted by Crippen LogP contribution is 2.30. The van der Waals surface area contributed by atoms with Crippen molar-refractivity contribution in [2.45, 2.75) is 63.1 Å². The highest BCUT2D eigenvalue weighted by atomic mass is 19.4. The largest absolute Gasteiger partial charge is 0.389 e. The first-order valence-corrected chi connectivity index (χ1v) is 6.94. The van der Waals surface area contributed by atoms with E-state index in [0.717, 1.165) is 13.0 Å². The number of hydrogen-bond donors (Lipinski definition) is 2. The molecule has 1 saturated carbocycles.